The molecule has 0 radical (unpaired) electrons. The number of benzene rings is 1. The molecule has 0 aromatic heterocycles. The quantitative estimate of drug-likeness (QED) is 0.625. The number of piperidine rings is 3. The summed E-state index contributed by atoms with van der Waals surface area (Å²) in [7, 11) is 0. The summed E-state index contributed by atoms with van der Waals surface area (Å²) in [6.45, 7) is 4.85. The molecule has 2 N–H and O–H groups in total. The molecule has 0 bridgehead atoms. The van der Waals surface area contributed by atoms with E-state index in [9.17, 15) is 24.3 Å². The number of carbonyl (C=O) groups excluding carboxylic acids is 3. The molecule has 4 heterocycles. The number of carboxylic acids is 1. The Morgan fingerprint density at radius 3 is 2.41 bits per heavy atom. The Morgan fingerprint density at radius 2 is 1.74 bits per heavy atom. The van der Waals surface area contributed by atoms with Gasteiger partial charge in [-0.05, 0) is 75.5 Å². The predicted octanol–water partition coefficient (Wildman–Crippen LogP) is 1.21. The lowest BCUT2D eigenvalue weighted by Crippen LogP contribution is -2.52. The van der Waals surface area contributed by atoms with Crippen LogP contribution in [0.3, 0.4) is 0 Å². The molecule has 3 amide bonds. The molecule has 3 fully saturated rings. The molecule has 1 aromatic rings. The van der Waals surface area contributed by atoms with Crippen molar-refractivity contribution in [2.75, 3.05) is 26.2 Å². The second kappa shape index (κ2) is 9.46. The summed E-state index contributed by atoms with van der Waals surface area (Å²) in [5.74, 6) is -1.65. The van der Waals surface area contributed by atoms with E-state index in [0.717, 1.165) is 69.5 Å². The maximum Gasteiger partial charge on any atom is 0.306 e. The number of hydrogen-bond donors (Lipinski definition) is 2. The molecule has 1 aromatic carbocycles. The third kappa shape index (κ3) is 4.46. The van der Waals surface area contributed by atoms with Gasteiger partial charge in [-0.25, -0.2) is 0 Å². The fourth-order valence-electron chi connectivity index (χ4n) is 5.99. The van der Waals surface area contributed by atoms with Gasteiger partial charge < -0.3 is 14.9 Å². The third-order valence-corrected chi connectivity index (χ3v) is 8.03. The minimum absolute atomic E-state index is 0.130. The van der Waals surface area contributed by atoms with Gasteiger partial charge in [0.25, 0.3) is 5.91 Å². The predicted molar refractivity (Wildman–Crippen MR) is 123 cm³/mol. The Kier molecular flexibility index (Phi) is 6.40. The van der Waals surface area contributed by atoms with E-state index in [-0.39, 0.29) is 30.1 Å². The zero-order chi connectivity index (χ0) is 23.8. The molecule has 1 atom stereocenters. The van der Waals surface area contributed by atoms with Gasteiger partial charge in [0, 0.05) is 31.1 Å². The van der Waals surface area contributed by atoms with Crippen LogP contribution in [0.15, 0.2) is 18.2 Å². The average Bonchev–Trinajstić information content (AvgIpc) is 3.17. The topological polar surface area (TPSA) is 110 Å². The summed E-state index contributed by atoms with van der Waals surface area (Å²) in [5, 5.41) is 11.6. The molecule has 34 heavy (non-hydrogen) atoms. The fourth-order valence-corrected chi connectivity index (χ4v) is 5.99. The van der Waals surface area contributed by atoms with E-state index in [2.05, 4.69) is 21.2 Å². The highest BCUT2D eigenvalue weighted by Crippen LogP contribution is 2.31. The number of carboxylic acid groups (broad SMARTS) is 1. The maximum absolute atomic E-state index is 13.1. The minimum Gasteiger partial charge on any atom is -0.481 e. The van der Waals surface area contributed by atoms with Gasteiger partial charge in [-0.15, -0.1) is 0 Å². The van der Waals surface area contributed by atoms with Crippen molar-refractivity contribution < 1.29 is 24.3 Å². The van der Waals surface area contributed by atoms with Crippen molar-refractivity contribution in [3.8, 4) is 0 Å². The smallest absolute Gasteiger partial charge is 0.306 e. The average molecular weight is 469 g/mol. The van der Waals surface area contributed by atoms with Crippen LogP contribution in [-0.4, -0.2) is 81.8 Å². The van der Waals surface area contributed by atoms with Crippen molar-refractivity contribution in [3.63, 3.8) is 0 Å². The second-order valence-electron chi connectivity index (χ2n) is 10.00. The first-order valence-electron chi connectivity index (χ1n) is 12.4. The minimum atomic E-state index is -0.667. The van der Waals surface area contributed by atoms with E-state index in [1.807, 2.05) is 12.1 Å². The molecule has 1 unspecified atom stereocenters. The first-order chi connectivity index (χ1) is 16.4. The zero-order valence-corrected chi connectivity index (χ0v) is 19.4. The summed E-state index contributed by atoms with van der Waals surface area (Å²) in [4.78, 5) is 54.6. The van der Waals surface area contributed by atoms with Gasteiger partial charge in [0.15, 0.2) is 0 Å². The van der Waals surface area contributed by atoms with E-state index in [4.69, 9.17) is 0 Å². The number of amides is 3. The summed E-state index contributed by atoms with van der Waals surface area (Å²) in [6.07, 6.45) is 4.23. The van der Waals surface area contributed by atoms with Gasteiger partial charge in [0.2, 0.25) is 11.8 Å². The van der Waals surface area contributed by atoms with E-state index < -0.39 is 12.0 Å². The number of aliphatic carboxylic acids is 1. The molecule has 5 rings (SSSR count). The lowest BCUT2D eigenvalue weighted by molar-refractivity contribution is -0.143. The molecule has 182 valence electrons. The number of hydrogen-bond acceptors (Lipinski definition) is 6. The van der Waals surface area contributed by atoms with Gasteiger partial charge in [-0.2, -0.15) is 0 Å². The van der Waals surface area contributed by atoms with Crippen LogP contribution in [0, 0.1) is 5.92 Å². The lowest BCUT2D eigenvalue weighted by Gasteiger charge is -2.41. The molecule has 9 nitrogen and oxygen atoms in total. The lowest BCUT2D eigenvalue weighted by atomic mass is 9.93. The molecule has 0 aliphatic carbocycles. The van der Waals surface area contributed by atoms with Crippen molar-refractivity contribution >= 4 is 23.7 Å². The van der Waals surface area contributed by atoms with Crippen molar-refractivity contribution in [2.45, 2.75) is 63.7 Å². The Bertz CT molecular complexity index is 995. The van der Waals surface area contributed by atoms with Crippen LogP contribution in [0.25, 0.3) is 0 Å². The van der Waals surface area contributed by atoms with Crippen LogP contribution in [0.4, 0.5) is 0 Å². The van der Waals surface area contributed by atoms with E-state index >= 15 is 0 Å². The van der Waals surface area contributed by atoms with Crippen LogP contribution < -0.4 is 5.32 Å². The Morgan fingerprint density at radius 1 is 1.00 bits per heavy atom. The van der Waals surface area contributed by atoms with Crippen LogP contribution >= 0.6 is 0 Å². The molecule has 4 aliphatic heterocycles. The van der Waals surface area contributed by atoms with E-state index in [0.29, 0.717) is 24.6 Å². The zero-order valence-electron chi connectivity index (χ0n) is 19.4. The fraction of sp³-hybridized carbons (Fsp3) is 0.600. The summed E-state index contributed by atoms with van der Waals surface area (Å²) < 4.78 is 0. The Labute approximate surface area is 199 Å². The molecular formula is C25H32N4O5. The highest BCUT2D eigenvalue weighted by molar-refractivity contribution is 6.05. The highest BCUT2D eigenvalue weighted by Gasteiger charge is 2.40. The Balaban J connectivity index is 1.19. The van der Waals surface area contributed by atoms with Crippen molar-refractivity contribution in [1.82, 2.24) is 20.0 Å². The van der Waals surface area contributed by atoms with Gasteiger partial charge in [-0.1, -0.05) is 12.1 Å². The number of nitrogens with one attached hydrogen (secondary N) is 1. The Hall–Kier alpha value is -2.78. The molecule has 3 saturated heterocycles. The third-order valence-electron chi connectivity index (χ3n) is 8.03. The van der Waals surface area contributed by atoms with Gasteiger partial charge >= 0.3 is 5.97 Å². The molecule has 9 heteroatoms. The summed E-state index contributed by atoms with van der Waals surface area (Å²) >= 11 is 0. The SMILES string of the molecule is O=C1CCC(N2Cc3c(CN4CCC(N5CCC(C(=O)O)CC5)CC4)cccc3C2=O)C(=O)N1. The van der Waals surface area contributed by atoms with Crippen LogP contribution in [0.2, 0.25) is 0 Å². The van der Waals surface area contributed by atoms with Crippen LogP contribution in [-0.2, 0) is 27.5 Å². The normalized spacial score (nSPS) is 25.5. The van der Waals surface area contributed by atoms with Gasteiger partial charge in [0.05, 0.1) is 5.92 Å². The standard InChI is InChI=1S/C25H32N4O5/c30-22-5-4-21(23(31)26-22)29-15-20-17(2-1-3-19(20)24(29)32)14-27-10-8-18(9-11-27)28-12-6-16(7-13-28)25(33)34/h1-3,16,18,21H,4-15H2,(H,33,34)(H,26,30,31). The monoisotopic (exact) mass is 468 g/mol. The number of likely N-dealkylation sites (tertiary alicyclic amines) is 2. The first-order valence-corrected chi connectivity index (χ1v) is 12.4. The largest absolute Gasteiger partial charge is 0.481 e. The van der Waals surface area contributed by atoms with Crippen molar-refractivity contribution in [3.05, 3.63) is 34.9 Å². The number of imide groups is 1. The second-order valence-corrected chi connectivity index (χ2v) is 10.00. The molecule has 0 spiro atoms. The number of nitrogens with zero attached hydrogens (tertiary/aromatic N) is 3. The molecular weight excluding hydrogens is 436 g/mol. The van der Waals surface area contributed by atoms with Gasteiger partial charge in [0.1, 0.15) is 6.04 Å². The summed E-state index contributed by atoms with van der Waals surface area (Å²) in [6, 6.07) is 5.74. The molecule has 0 saturated carbocycles. The molecule has 4 aliphatic rings. The summed E-state index contributed by atoms with van der Waals surface area (Å²) in [5.41, 5.74) is 2.79. The van der Waals surface area contributed by atoms with Gasteiger partial charge in [-0.3, -0.25) is 29.4 Å². The number of fused-ring (bicyclic) bond motifs is 1. The number of rotatable bonds is 5. The maximum atomic E-state index is 13.1. The highest BCUT2D eigenvalue weighted by atomic mass is 16.4. The number of carbonyl (C=O) groups is 4. The van der Waals surface area contributed by atoms with E-state index in [1.165, 1.54) is 0 Å². The van der Waals surface area contributed by atoms with E-state index in [1.54, 1.807) is 4.90 Å². The van der Waals surface area contributed by atoms with Crippen LogP contribution in [0.5, 0.6) is 0 Å². The van der Waals surface area contributed by atoms with Crippen LogP contribution in [0.1, 0.15) is 60.0 Å². The van der Waals surface area contributed by atoms with Crippen molar-refractivity contribution in [1.29, 1.82) is 0 Å². The first kappa shape index (κ1) is 23.0. The van der Waals surface area contributed by atoms with Crippen molar-refractivity contribution in [2.24, 2.45) is 5.92 Å².